The first kappa shape index (κ1) is 19.9. The maximum Gasteiger partial charge on any atom is 0.163 e. The predicted molar refractivity (Wildman–Crippen MR) is 101 cm³/mol. The molecule has 0 atom stereocenters. The molecule has 130 valence electrons. The second kappa shape index (κ2) is 12.3. The second-order valence-electron chi connectivity index (χ2n) is 7.03. The summed E-state index contributed by atoms with van der Waals surface area (Å²) in [5.41, 5.74) is 3.27. The van der Waals surface area contributed by atoms with Crippen LogP contribution >= 0.6 is 0 Å². The van der Waals surface area contributed by atoms with Crippen LogP contribution in [0.15, 0.2) is 18.2 Å². The Morgan fingerprint density at radius 1 is 0.783 bits per heavy atom. The summed E-state index contributed by atoms with van der Waals surface area (Å²) in [5.74, 6) is 0.318. The monoisotopic (exact) mass is 316 g/mol. The molecule has 0 N–H and O–H groups in total. The summed E-state index contributed by atoms with van der Waals surface area (Å²) in [6, 6.07) is 6.14. The van der Waals surface area contributed by atoms with Crippen LogP contribution < -0.4 is 0 Å². The number of aryl methyl sites for hydroxylation is 2. The van der Waals surface area contributed by atoms with Crippen LogP contribution in [0, 0.1) is 13.8 Å². The number of hydrogen-bond donors (Lipinski definition) is 0. The minimum Gasteiger partial charge on any atom is -0.294 e. The van der Waals surface area contributed by atoms with Crippen LogP contribution in [-0.4, -0.2) is 5.78 Å². The maximum absolute atomic E-state index is 12.2. The van der Waals surface area contributed by atoms with Crippen molar-refractivity contribution in [3.8, 4) is 0 Å². The lowest BCUT2D eigenvalue weighted by atomic mass is 9.98. The third kappa shape index (κ3) is 8.93. The molecule has 0 saturated carbocycles. The molecule has 1 rings (SSSR count). The average molecular weight is 317 g/mol. The van der Waals surface area contributed by atoms with Crippen molar-refractivity contribution in [2.45, 2.75) is 97.8 Å². The molecule has 0 aliphatic rings. The first-order chi connectivity index (χ1) is 11.1. The van der Waals surface area contributed by atoms with Crippen LogP contribution in [0.5, 0.6) is 0 Å². The van der Waals surface area contributed by atoms with Crippen molar-refractivity contribution in [1.82, 2.24) is 0 Å². The van der Waals surface area contributed by atoms with E-state index in [9.17, 15) is 4.79 Å². The molecule has 23 heavy (non-hydrogen) atoms. The normalized spacial score (nSPS) is 10.9. The number of Topliss-reactive ketones (excluding diaryl/α,β-unsaturated/α-hetero) is 1. The van der Waals surface area contributed by atoms with Gasteiger partial charge in [-0.1, -0.05) is 94.9 Å². The van der Waals surface area contributed by atoms with Gasteiger partial charge in [-0.2, -0.15) is 0 Å². The van der Waals surface area contributed by atoms with Gasteiger partial charge < -0.3 is 0 Å². The van der Waals surface area contributed by atoms with E-state index in [1.165, 1.54) is 69.8 Å². The number of unbranched alkanes of at least 4 members (excludes halogenated alkanes) is 10. The van der Waals surface area contributed by atoms with E-state index < -0.39 is 0 Å². The minimum atomic E-state index is 0.318. The number of ketones is 1. The smallest absolute Gasteiger partial charge is 0.163 e. The van der Waals surface area contributed by atoms with Crippen LogP contribution in [0.2, 0.25) is 0 Å². The lowest BCUT2D eigenvalue weighted by molar-refractivity contribution is 0.0978. The van der Waals surface area contributed by atoms with Crippen molar-refractivity contribution in [3.63, 3.8) is 0 Å². The molecule has 0 aliphatic carbocycles. The van der Waals surface area contributed by atoms with Crippen LogP contribution in [0.1, 0.15) is 105 Å². The maximum atomic E-state index is 12.2. The van der Waals surface area contributed by atoms with Gasteiger partial charge in [0, 0.05) is 12.0 Å². The fourth-order valence-electron chi connectivity index (χ4n) is 3.21. The van der Waals surface area contributed by atoms with Gasteiger partial charge in [-0.3, -0.25) is 4.79 Å². The lowest BCUT2D eigenvalue weighted by Gasteiger charge is -2.06. The molecular weight excluding hydrogens is 280 g/mol. The zero-order valence-electron chi connectivity index (χ0n) is 15.6. The second-order valence-corrected chi connectivity index (χ2v) is 7.03. The Kier molecular flexibility index (Phi) is 10.7. The zero-order valence-corrected chi connectivity index (χ0v) is 15.6. The first-order valence-electron chi connectivity index (χ1n) is 9.75. The van der Waals surface area contributed by atoms with Gasteiger partial charge in [0.2, 0.25) is 0 Å². The third-order valence-electron chi connectivity index (χ3n) is 4.69. The van der Waals surface area contributed by atoms with Gasteiger partial charge in [-0.25, -0.2) is 0 Å². The molecule has 0 heterocycles. The highest BCUT2D eigenvalue weighted by atomic mass is 16.1. The van der Waals surface area contributed by atoms with Gasteiger partial charge in [0.1, 0.15) is 0 Å². The fourth-order valence-corrected chi connectivity index (χ4v) is 3.21. The largest absolute Gasteiger partial charge is 0.294 e. The highest BCUT2D eigenvalue weighted by molar-refractivity contribution is 5.97. The topological polar surface area (TPSA) is 17.1 Å². The Morgan fingerprint density at radius 2 is 1.30 bits per heavy atom. The molecule has 1 heteroatoms. The summed E-state index contributed by atoms with van der Waals surface area (Å²) in [5, 5.41) is 0. The third-order valence-corrected chi connectivity index (χ3v) is 4.69. The molecule has 0 aromatic heterocycles. The molecule has 1 aromatic rings. The van der Waals surface area contributed by atoms with Crippen LogP contribution in [0.3, 0.4) is 0 Å². The molecule has 1 aromatic carbocycles. The van der Waals surface area contributed by atoms with E-state index in [-0.39, 0.29) is 0 Å². The molecule has 0 fully saturated rings. The predicted octanol–water partition coefficient (Wildman–Crippen LogP) is 7.19. The number of hydrogen-bond acceptors (Lipinski definition) is 1. The quantitative estimate of drug-likeness (QED) is 0.278. The summed E-state index contributed by atoms with van der Waals surface area (Å²) >= 11 is 0. The minimum absolute atomic E-state index is 0.318. The Balaban J connectivity index is 2.01. The summed E-state index contributed by atoms with van der Waals surface area (Å²) in [4.78, 5) is 12.2. The first-order valence-corrected chi connectivity index (χ1v) is 9.75. The van der Waals surface area contributed by atoms with Gasteiger partial charge >= 0.3 is 0 Å². The molecular formula is C22H36O. The average Bonchev–Trinajstić information content (AvgIpc) is 2.52. The van der Waals surface area contributed by atoms with Crippen LogP contribution in [0.4, 0.5) is 0 Å². The standard InChI is InChI=1S/C22H36O/c1-4-5-6-7-8-9-10-11-12-13-14-15-22(23)21-17-16-19(2)18-20(21)3/h16-18H,4-15H2,1-3H3. The molecule has 0 spiro atoms. The van der Waals surface area contributed by atoms with Crippen molar-refractivity contribution in [3.05, 3.63) is 34.9 Å². The van der Waals surface area contributed by atoms with Gasteiger partial charge in [0.25, 0.3) is 0 Å². The van der Waals surface area contributed by atoms with Crippen molar-refractivity contribution in [2.75, 3.05) is 0 Å². The molecule has 0 aliphatic heterocycles. The summed E-state index contributed by atoms with van der Waals surface area (Å²) < 4.78 is 0. The highest BCUT2D eigenvalue weighted by Gasteiger charge is 2.08. The van der Waals surface area contributed by atoms with E-state index in [0.717, 1.165) is 17.5 Å². The van der Waals surface area contributed by atoms with E-state index in [4.69, 9.17) is 0 Å². The van der Waals surface area contributed by atoms with E-state index in [2.05, 4.69) is 19.9 Å². The number of carbonyl (C=O) groups excluding carboxylic acids is 1. The van der Waals surface area contributed by atoms with E-state index in [1.54, 1.807) is 0 Å². The van der Waals surface area contributed by atoms with Crippen LogP contribution in [0.25, 0.3) is 0 Å². The van der Waals surface area contributed by atoms with Gasteiger partial charge in [0.05, 0.1) is 0 Å². The molecule has 1 nitrogen and oxygen atoms in total. The number of benzene rings is 1. The summed E-state index contributed by atoms with van der Waals surface area (Å²) in [6.45, 7) is 6.39. The summed E-state index contributed by atoms with van der Waals surface area (Å²) in [6.07, 6.45) is 15.3. The lowest BCUT2D eigenvalue weighted by Crippen LogP contribution is -2.02. The number of carbonyl (C=O) groups is 1. The Hall–Kier alpha value is -1.11. The molecule has 0 radical (unpaired) electrons. The van der Waals surface area contributed by atoms with Gasteiger partial charge in [-0.05, 0) is 25.8 Å². The Morgan fingerprint density at radius 3 is 1.83 bits per heavy atom. The van der Waals surface area contributed by atoms with Crippen molar-refractivity contribution < 1.29 is 4.79 Å². The molecule has 0 unspecified atom stereocenters. The Bertz CT molecular complexity index is 447. The van der Waals surface area contributed by atoms with Crippen LogP contribution in [-0.2, 0) is 0 Å². The fraction of sp³-hybridized carbons (Fsp3) is 0.682. The van der Waals surface area contributed by atoms with E-state index in [1.807, 2.05) is 19.1 Å². The van der Waals surface area contributed by atoms with Crippen molar-refractivity contribution >= 4 is 5.78 Å². The van der Waals surface area contributed by atoms with E-state index >= 15 is 0 Å². The van der Waals surface area contributed by atoms with Gasteiger partial charge in [-0.15, -0.1) is 0 Å². The molecule has 0 amide bonds. The van der Waals surface area contributed by atoms with E-state index in [0.29, 0.717) is 12.2 Å². The molecule has 0 saturated heterocycles. The highest BCUT2D eigenvalue weighted by Crippen LogP contribution is 2.16. The van der Waals surface area contributed by atoms with Gasteiger partial charge in [0.15, 0.2) is 5.78 Å². The zero-order chi connectivity index (χ0) is 16.9. The Labute approximate surface area is 143 Å². The van der Waals surface area contributed by atoms with Crippen molar-refractivity contribution in [1.29, 1.82) is 0 Å². The molecule has 0 bridgehead atoms. The summed E-state index contributed by atoms with van der Waals surface area (Å²) in [7, 11) is 0. The number of rotatable bonds is 13. The van der Waals surface area contributed by atoms with Crippen molar-refractivity contribution in [2.24, 2.45) is 0 Å². The SMILES string of the molecule is CCCCCCCCCCCCCC(=O)c1ccc(C)cc1C.